The lowest BCUT2D eigenvalue weighted by molar-refractivity contribution is -0.130. The number of aryl methyl sites for hydroxylation is 1. The standard InChI is InChI=1S/C16H16BrFN2O/c1-20(11-12-3-2-8-19-10-12)16(21)7-5-13-4-6-14(17)9-15(13)18/h2-4,6,8-10H,5,7,11H2,1H3. The number of carbonyl (C=O) groups is 1. The molecule has 0 aliphatic rings. The van der Waals surface area contributed by atoms with E-state index in [1.165, 1.54) is 6.07 Å². The van der Waals surface area contributed by atoms with Crippen LogP contribution in [0.2, 0.25) is 0 Å². The Bertz CT molecular complexity index is 619. The van der Waals surface area contributed by atoms with Crippen LogP contribution in [0, 0.1) is 5.82 Å². The zero-order chi connectivity index (χ0) is 15.2. The maximum absolute atomic E-state index is 13.7. The average Bonchev–Trinajstić information content (AvgIpc) is 2.47. The highest BCUT2D eigenvalue weighted by Gasteiger charge is 2.11. The van der Waals surface area contributed by atoms with Gasteiger partial charge in [0.05, 0.1) is 0 Å². The van der Waals surface area contributed by atoms with Crippen LogP contribution >= 0.6 is 15.9 Å². The fraction of sp³-hybridized carbons (Fsp3) is 0.250. The van der Waals surface area contributed by atoms with Crippen molar-refractivity contribution in [2.75, 3.05) is 7.05 Å². The predicted octanol–water partition coefficient (Wildman–Crippen LogP) is 3.57. The molecule has 0 radical (unpaired) electrons. The molecule has 0 saturated carbocycles. The summed E-state index contributed by atoms with van der Waals surface area (Å²) >= 11 is 3.22. The van der Waals surface area contributed by atoms with Gasteiger partial charge in [-0.25, -0.2) is 4.39 Å². The summed E-state index contributed by atoms with van der Waals surface area (Å²) in [7, 11) is 1.74. The number of hydrogen-bond acceptors (Lipinski definition) is 2. The number of nitrogens with zero attached hydrogens (tertiary/aromatic N) is 2. The second-order valence-corrected chi connectivity index (χ2v) is 5.76. The molecule has 21 heavy (non-hydrogen) atoms. The summed E-state index contributed by atoms with van der Waals surface area (Å²) in [5.41, 5.74) is 1.53. The van der Waals surface area contributed by atoms with E-state index in [1.807, 2.05) is 12.1 Å². The van der Waals surface area contributed by atoms with Crippen LogP contribution < -0.4 is 0 Å². The van der Waals surface area contributed by atoms with Gasteiger partial charge in [0.2, 0.25) is 5.91 Å². The van der Waals surface area contributed by atoms with Crippen molar-refractivity contribution >= 4 is 21.8 Å². The zero-order valence-electron chi connectivity index (χ0n) is 11.7. The summed E-state index contributed by atoms with van der Waals surface area (Å²) in [5, 5.41) is 0. The second kappa shape index (κ2) is 7.31. The molecular formula is C16H16BrFN2O. The van der Waals surface area contributed by atoms with Crippen LogP contribution in [0.5, 0.6) is 0 Å². The van der Waals surface area contributed by atoms with Gasteiger partial charge in [-0.3, -0.25) is 9.78 Å². The van der Waals surface area contributed by atoms with E-state index >= 15 is 0 Å². The van der Waals surface area contributed by atoms with Crippen molar-refractivity contribution in [3.05, 3.63) is 64.1 Å². The minimum Gasteiger partial charge on any atom is -0.341 e. The highest BCUT2D eigenvalue weighted by molar-refractivity contribution is 9.10. The summed E-state index contributed by atoms with van der Waals surface area (Å²) in [6, 6.07) is 8.66. The van der Waals surface area contributed by atoms with Crippen LogP contribution in [0.3, 0.4) is 0 Å². The fourth-order valence-corrected chi connectivity index (χ4v) is 2.34. The Labute approximate surface area is 131 Å². The number of amides is 1. The van der Waals surface area contributed by atoms with E-state index in [0.29, 0.717) is 23.0 Å². The van der Waals surface area contributed by atoms with Crippen molar-refractivity contribution in [1.82, 2.24) is 9.88 Å². The molecule has 0 saturated heterocycles. The Morgan fingerprint density at radius 2 is 2.19 bits per heavy atom. The van der Waals surface area contributed by atoms with Gasteiger partial charge in [0.25, 0.3) is 0 Å². The first-order valence-electron chi connectivity index (χ1n) is 6.63. The van der Waals surface area contributed by atoms with Gasteiger partial charge in [-0.15, -0.1) is 0 Å². The van der Waals surface area contributed by atoms with Gasteiger partial charge in [-0.1, -0.05) is 28.1 Å². The van der Waals surface area contributed by atoms with E-state index in [-0.39, 0.29) is 18.1 Å². The molecule has 2 aromatic rings. The van der Waals surface area contributed by atoms with E-state index in [9.17, 15) is 9.18 Å². The van der Waals surface area contributed by atoms with Crippen LogP contribution in [0.25, 0.3) is 0 Å². The number of benzene rings is 1. The van der Waals surface area contributed by atoms with E-state index < -0.39 is 0 Å². The van der Waals surface area contributed by atoms with Gasteiger partial charge in [-0.05, 0) is 35.7 Å². The van der Waals surface area contributed by atoms with Gasteiger partial charge >= 0.3 is 0 Å². The molecule has 1 aromatic carbocycles. The average molecular weight is 351 g/mol. The number of carbonyl (C=O) groups excluding carboxylic acids is 1. The topological polar surface area (TPSA) is 33.2 Å². The third-order valence-corrected chi connectivity index (χ3v) is 3.68. The van der Waals surface area contributed by atoms with Crippen LogP contribution in [0.1, 0.15) is 17.5 Å². The number of pyridine rings is 1. The first-order chi connectivity index (χ1) is 10.1. The third-order valence-electron chi connectivity index (χ3n) is 3.19. The molecule has 3 nitrogen and oxygen atoms in total. The fourth-order valence-electron chi connectivity index (χ4n) is 2.01. The van der Waals surface area contributed by atoms with Crippen molar-refractivity contribution < 1.29 is 9.18 Å². The van der Waals surface area contributed by atoms with Gasteiger partial charge in [-0.2, -0.15) is 0 Å². The Morgan fingerprint density at radius 3 is 2.86 bits per heavy atom. The predicted molar refractivity (Wildman–Crippen MR) is 83.1 cm³/mol. The summed E-state index contributed by atoms with van der Waals surface area (Å²) < 4.78 is 14.4. The molecule has 1 aromatic heterocycles. The lowest BCUT2D eigenvalue weighted by Gasteiger charge is -2.17. The van der Waals surface area contributed by atoms with E-state index in [2.05, 4.69) is 20.9 Å². The minimum atomic E-state index is -0.285. The molecule has 5 heteroatoms. The van der Waals surface area contributed by atoms with E-state index in [1.54, 1.807) is 36.5 Å². The van der Waals surface area contributed by atoms with E-state index in [4.69, 9.17) is 0 Å². The Hall–Kier alpha value is -1.75. The number of rotatable bonds is 5. The Morgan fingerprint density at radius 1 is 1.38 bits per heavy atom. The second-order valence-electron chi connectivity index (χ2n) is 4.85. The molecule has 0 aliphatic carbocycles. The first-order valence-corrected chi connectivity index (χ1v) is 7.42. The van der Waals surface area contributed by atoms with Gasteiger partial charge < -0.3 is 4.90 Å². The lowest BCUT2D eigenvalue weighted by atomic mass is 10.1. The smallest absolute Gasteiger partial charge is 0.222 e. The normalized spacial score (nSPS) is 10.4. The van der Waals surface area contributed by atoms with Crippen LogP contribution in [-0.4, -0.2) is 22.8 Å². The quantitative estimate of drug-likeness (QED) is 0.825. The van der Waals surface area contributed by atoms with Crippen molar-refractivity contribution in [3.63, 3.8) is 0 Å². The van der Waals surface area contributed by atoms with Gasteiger partial charge in [0.15, 0.2) is 0 Å². The van der Waals surface area contributed by atoms with E-state index in [0.717, 1.165) is 5.56 Å². The van der Waals surface area contributed by atoms with Crippen molar-refractivity contribution in [3.8, 4) is 0 Å². The molecular weight excluding hydrogens is 335 g/mol. The Kier molecular flexibility index (Phi) is 5.44. The monoisotopic (exact) mass is 350 g/mol. The summed E-state index contributed by atoms with van der Waals surface area (Å²) in [4.78, 5) is 17.7. The number of aromatic nitrogens is 1. The largest absolute Gasteiger partial charge is 0.341 e. The molecule has 0 atom stereocenters. The van der Waals surface area contributed by atoms with Crippen molar-refractivity contribution in [2.45, 2.75) is 19.4 Å². The summed E-state index contributed by atoms with van der Waals surface area (Å²) in [5.74, 6) is -0.298. The van der Waals surface area contributed by atoms with Crippen LogP contribution in [0.15, 0.2) is 47.2 Å². The highest BCUT2D eigenvalue weighted by Crippen LogP contribution is 2.17. The third kappa shape index (κ3) is 4.63. The maximum atomic E-state index is 13.7. The molecule has 0 bridgehead atoms. The molecule has 0 unspecified atom stereocenters. The van der Waals surface area contributed by atoms with Crippen LogP contribution in [-0.2, 0) is 17.8 Å². The molecule has 2 rings (SSSR count). The number of halogens is 2. The minimum absolute atomic E-state index is 0.0128. The molecule has 1 heterocycles. The van der Waals surface area contributed by atoms with Crippen molar-refractivity contribution in [2.24, 2.45) is 0 Å². The van der Waals surface area contributed by atoms with Gasteiger partial charge in [0, 0.05) is 36.9 Å². The molecule has 0 N–H and O–H groups in total. The zero-order valence-corrected chi connectivity index (χ0v) is 13.3. The number of hydrogen-bond donors (Lipinski definition) is 0. The summed E-state index contributed by atoms with van der Waals surface area (Å²) in [6.45, 7) is 0.509. The first kappa shape index (κ1) is 15.6. The molecule has 1 amide bonds. The van der Waals surface area contributed by atoms with Crippen molar-refractivity contribution in [1.29, 1.82) is 0 Å². The lowest BCUT2D eigenvalue weighted by Crippen LogP contribution is -2.26. The van der Waals surface area contributed by atoms with Gasteiger partial charge in [0.1, 0.15) is 5.82 Å². The summed E-state index contributed by atoms with van der Waals surface area (Å²) in [6.07, 6.45) is 4.12. The molecule has 0 aliphatic heterocycles. The molecule has 0 fully saturated rings. The Balaban J connectivity index is 1.89. The van der Waals surface area contributed by atoms with Crippen LogP contribution in [0.4, 0.5) is 4.39 Å². The SMILES string of the molecule is CN(Cc1cccnc1)C(=O)CCc1ccc(Br)cc1F. The maximum Gasteiger partial charge on any atom is 0.222 e. The molecule has 0 spiro atoms. The highest BCUT2D eigenvalue weighted by atomic mass is 79.9. The molecule has 110 valence electrons.